The predicted molar refractivity (Wildman–Crippen MR) is 61.9 cm³/mol. The average Bonchev–Trinajstić information content (AvgIpc) is 2.77. The molecule has 0 saturated carbocycles. The second kappa shape index (κ2) is 4.99. The molecule has 0 unspecified atom stereocenters. The van der Waals surface area contributed by atoms with Gasteiger partial charge in [0, 0.05) is 13.1 Å². The van der Waals surface area contributed by atoms with E-state index in [-0.39, 0.29) is 18.1 Å². The molecule has 0 saturated heterocycles. The molecular formula is C11H14N4O3. The normalized spacial score (nSPS) is 15.4. The minimum atomic E-state index is -1.15. The highest BCUT2D eigenvalue weighted by Crippen LogP contribution is 2.09. The number of hydrogen-bond acceptors (Lipinski definition) is 4. The van der Waals surface area contributed by atoms with Gasteiger partial charge in [0.2, 0.25) is 5.91 Å². The third kappa shape index (κ3) is 2.73. The molecule has 1 aliphatic rings. The summed E-state index contributed by atoms with van der Waals surface area (Å²) in [5.41, 5.74) is 1.01. The van der Waals surface area contributed by atoms with Gasteiger partial charge in [-0.1, -0.05) is 16.9 Å². The van der Waals surface area contributed by atoms with E-state index in [1.807, 2.05) is 6.92 Å². The van der Waals surface area contributed by atoms with Gasteiger partial charge in [0.05, 0.1) is 6.20 Å². The summed E-state index contributed by atoms with van der Waals surface area (Å²) in [5, 5.41) is 15.8. The van der Waals surface area contributed by atoms with Crippen molar-refractivity contribution >= 4 is 11.9 Å². The van der Waals surface area contributed by atoms with E-state index in [1.165, 1.54) is 16.5 Å². The Morgan fingerprint density at radius 1 is 1.50 bits per heavy atom. The van der Waals surface area contributed by atoms with Crippen LogP contribution < -0.4 is 0 Å². The molecule has 0 atom stereocenters. The first-order valence-electron chi connectivity index (χ1n) is 5.63. The highest BCUT2D eigenvalue weighted by Gasteiger charge is 2.18. The third-order valence-electron chi connectivity index (χ3n) is 2.74. The van der Waals surface area contributed by atoms with Crippen LogP contribution in [0.1, 0.15) is 23.8 Å². The van der Waals surface area contributed by atoms with Crippen molar-refractivity contribution in [1.29, 1.82) is 0 Å². The van der Waals surface area contributed by atoms with Crippen LogP contribution in [0.4, 0.5) is 0 Å². The van der Waals surface area contributed by atoms with Gasteiger partial charge >= 0.3 is 5.97 Å². The van der Waals surface area contributed by atoms with Gasteiger partial charge in [-0.3, -0.25) is 4.79 Å². The van der Waals surface area contributed by atoms with E-state index in [4.69, 9.17) is 5.11 Å². The molecular weight excluding hydrogens is 236 g/mol. The summed E-state index contributed by atoms with van der Waals surface area (Å²) in [6, 6.07) is 0. The molecule has 96 valence electrons. The quantitative estimate of drug-likeness (QED) is 0.772. The van der Waals surface area contributed by atoms with E-state index in [9.17, 15) is 9.59 Å². The van der Waals surface area contributed by atoms with Crippen molar-refractivity contribution in [2.45, 2.75) is 19.9 Å². The number of rotatable bonds is 3. The lowest BCUT2D eigenvalue weighted by Crippen LogP contribution is -2.37. The molecule has 2 rings (SSSR count). The summed E-state index contributed by atoms with van der Waals surface area (Å²) in [4.78, 5) is 24.3. The summed E-state index contributed by atoms with van der Waals surface area (Å²) in [7, 11) is 0. The highest BCUT2D eigenvalue weighted by molar-refractivity contribution is 5.84. The minimum Gasteiger partial charge on any atom is -0.476 e. The van der Waals surface area contributed by atoms with Gasteiger partial charge in [-0.15, -0.1) is 5.10 Å². The molecule has 0 radical (unpaired) electrons. The van der Waals surface area contributed by atoms with E-state index in [0.717, 1.165) is 6.42 Å². The molecule has 0 fully saturated rings. The Morgan fingerprint density at radius 2 is 2.28 bits per heavy atom. The number of carboxylic acid groups (broad SMARTS) is 1. The molecule has 18 heavy (non-hydrogen) atoms. The standard InChI is InChI=1S/C11H14N4O3/c1-8-3-2-4-14(5-8)10(16)7-15-6-9(11(17)18)12-13-15/h3,6H,2,4-5,7H2,1H3,(H,17,18). The first kappa shape index (κ1) is 12.3. The third-order valence-corrected chi connectivity index (χ3v) is 2.74. The van der Waals surface area contributed by atoms with Crippen LogP contribution in [-0.4, -0.2) is 50.0 Å². The maximum atomic E-state index is 12.0. The summed E-state index contributed by atoms with van der Waals surface area (Å²) in [6.45, 7) is 3.32. The zero-order valence-corrected chi connectivity index (χ0v) is 10.0. The SMILES string of the molecule is CC1=CCCN(C(=O)Cn2cc(C(=O)O)nn2)C1. The van der Waals surface area contributed by atoms with Crippen LogP contribution in [0.5, 0.6) is 0 Å². The second-order valence-corrected chi connectivity index (χ2v) is 4.26. The number of aromatic nitrogens is 3. The Balaban J connectivity index is 1.98. The number of aromatic carboxylic acids is 1. The van der Waals surface area contributed by atoms with Crippen molar-refractivity contribution in [1.82, 2.24) is 19.9 Å². The van der Waals surface area contributed by atoms with Crippen LogP contribution >= 0.6 is 0 Å². The zero-order valence-electron chi connectivity index (χ0n) is 10.0. The number of carbonyl (C=O) groups excluding carboxylic acids is 1. The van der Waals surface area contributed by atoms with Gasteiger partial charge in [0.1, 0.15) is 6.54 Å². The van der Waals surface area contributed by atoms with Gasteiger partial charge in [-0.2, -0.15) is 0 Å². The highest BCUT2D eigenvalue weighted by atomic mass is 16.4. The summed E-state index contributed by atoms with van der Waals surface area (Å²) >= 11 is 0. The Kier molecular flexibility index (Phi) is 3.40. The Labute approximate surface area is 104 Å². The smallest absolute Gasteiger partial charge is 0.358 e. The monoisotopic (exact) mass is 250 g/mol. The van der Waals surface area contributed by atoms with Crippen molar-refractivity contribution in [3.05, 3.63) is 23.5 Å². The zero-order chi connectivity index (χ0) is 13.1. The molecule has 0 bridgehead atoms. The molecule has 7 nitrogen and oxygen atoms in total. The van der Waals surface area contributed by atoms with Gasteiger partial charge in [-0.25, -0.2) is 9.48 Å². The van der Waals surface area contributed by atoms with Gasteiger partial charge in [0.15, 0.2) is 5.69 Å². The van der Waals surface area contributed by atoms with E-state index in [2.05, 4.69) is 16.4 Å². The summed E-state index contributed by atoms with van der Waals surface area (Å²) < 4.78 is 1.25. The topological polar surface area (TPSA) is 88.3 Å². The number of hydrogen-bond donors (Lipinski definition) is 1. The van der Waals surface area contributed by atoms with E-state index in [0.29, 0.717) is 13.1 Å². The first-order chi connectivity index (χ1) is 8.56. The van der Waals surface area contributed by atoms with Gasteiger partial charge in [-0.05, 0) is 13.3 Å². The lowest BCUT2D eigenvalue weighted by Gasteiger charge is -2.26. The number of carboxylic acids is 1. The second-order valence-electron chi connectivity index (χ2n) is 4.26. The molecule has 1 aliphatic heterocycles. The van der Waals surface area contributed by atoms with E-state index < -0.39 is 5.97 Å². The largest absolute Gasteiger partial charge is 0.476 e. The molecule has 1 N–H and O–H groups in total. The molecule has 2 heterocycles. The van der Waals surface area contributed by atoms with Crippen molar-refractivity contribution in [3.63, 3.8) is 0 Å². The number of amides is 1. The van der Waals surface area contributed by atoms with Crippen LogP contribution in [0.3, 0.4) is 0 Å². The van der Waals surface area contributed by atoms with Crippen molar-refractivity contribution in [2.75, 3.05) is 13.1 Å². The van der Waals surface area contributed by atoms with Crippen molar-refractivity contribution in [3.8, 4) is 0 Å². The van der Waals surface area contributed by atoms with Crippen LogP contribution in [0, 0.1) is 0 Å². The fourth-order valence-electron chi connectivity index (χ4n) is 1.84. The van der Waals surface area contributed by atoms with E-state index in [1.54, 1.807) is 4.90 Å². The molecule has 1 aromatic rings. The van der Waals surface area contributed by atoms with Crippen molar-refractivity contribution in [2.24, 2.45) is 0 Å². The van der Waals surface area contributed by atoms with Crippen LogP contribution in [-0.2, 0) is 11.3 Å². The summed E-state index contributed by atoms with van der Waals surface area (Å²) in [6.07, 6.45) is 4.23. The van der Waals surface area contributed by atoms with Crippen LogP contribution in [0.15, 0.2) is 17.8 Å². The van der Waals surface area contributed by atoms with Crippen LogP contribution in [0.2, 0.25) is 0 Å². The number of nitrogens with zero attached hydrogens (tertiary/aromatic N) is 4. The lowest BCUT2D eigenvalue weighted by atomic mass is 10.1. The Hall–Kier alpha value is -2.18. The Bertz CT molecular complexity index is 506. The minimum absolute atomic E-state index is 0.0214. The van der Waals surface area contributed by atoms with Crippen molar-refractivity contribution < 1.29 is 14.7 Å². The molecule has 0 aromatic carbocycles. The van der Waals surface area contributed by atoms with E-state index >= 15 is 0 Å². The molecule has 1 aromatic heterocycles. The molecule has 7 heteroatoms. The maximum Gasteiger partial charge on any atom is 0.358 e. The van der Waals surface area contributed by atoms with Crippen LogP contribution in [0.25, 0.3) is 0 Å². The molecule has 1 amide bonds. The number of carbonyl (C=O) groups is 2. The maximum absolute atomic E-state index is 12.0. The lowest BCUT2D eigenvalue weighted by molar-refractivity contribution is -0.131. The molecule has 0 aliphatic carbocycles. The predicted octanol–water partition coefficient (Wildman–Crippen LogP) is 0.155. The summed E-state index contributed by atoms with van der Waals surface area (Å²) in [5.74, 6) is -1.23. The average molecular weight is 250 g/mol. The Morgan fingerprint density at radius 3 is 2.89 bits per heavy atom. The van der Waals surface area contributed by atoms with Gasteiger partial charge < -0.3 is 10.0 Å². The first-order valence-corrected chi connectivity index (χ1v) is 5.63. The molecule has 0 spiro atoms. The van der Waals surface area contributed by atoms with Gasteiger partial charge in [0.25, 0.3) is 0 Å². The fourth-order valence-corrected chi connectivity index (χ4v) is 1.84. The fraction of sp³-hybridized carbons (Fsp3) is 0.455.